The second-order valence-electron chi connectivity index (χ2n) is 4.90. The van der Waals surface area contributed by atoms with E-state index in [2.05, 4.69) is 20.6 Å². The highest BCUT2D eigenvalue weighted by molar-refractivity contribution is 5.63. The molecule has 110 valence electrons. The first-order valence-corrected chi connectivity index (χ1v) is 6.86. The van der Waals surface area contributed by atoms with E-state index in [0.717, 1.165) is 17.3 Å². The minimum absolute atomic E-state index is 0.564. The smallest absolute Gasteiger partial charge is 0.162 e. The summed E-state index contributed by atoms with van der Waals surface area (Å²) in [6, 6.07) is 8.10. The molecular formula is C15H18N4O2. The molecule has 1 aliphatic rings. The average Bonchev–Trinajstić information content (AvgIpc) is 3.31. The van der Waals surface area contributed by atoms with E-state index in [1.54, 1.807) is 20.5 Å². The second-order valence-corrected chi connectivity index (χ2v) is 4.90. The molecule has 0 amide bonds. The zero-order chi connectivity index (χ0) is 14.7. The van der Waals surface area contributed by atoms with E-state index in [1.165, 1.54) is 12.8 Å². The van der Waals surface area contributed by atoms with Crippen molar-refractivity contribution in [1.29, 1.82) is 0 Å². The lowest BCUT2D eigenvalue weighted by Gasteiger charge is -2.11. The summed E-state index contributed by atoms with van der Waals surface area (Å²) in [6.45, 7) is 0. The first-order valence-electron chi connectivity index (χ1n) is 6.86. The third kappa shape index (κ3) is 3.34. The van der Waals surface area contributed by atoms with Crippen molar-refractivity contribution in [2.45, 2.75) is 18.9 Å². The Kier molecular flexibility index (Phi) is 3.77. The first-order chi connectivity index (χ1) is 10.3. The van der Waals surface area contributed by atoms with E-state index in [1.807, 2.05) is 24.3 Å². The van der Waals surface area contributed by atoms with Gasteiger partial charge in [-0.2, -0.15) is 0 Å². The first kappa shape index (κ1) is 13.5. The fourth-order valence-corrected chi connectivity index (χ4v) is 2.00. The summed E-state index contributed by atoms with van der Waals surface area (Å²) >= 11 is 0. The maximum absolute atomic E-state index is 5.29. The van der Waals surface area contributed by atoms with Crippen LogP contribution in [0.5, 0.6) is 11.5 Å². The molecule has 0 unspecified atom stereocenters. The number of nitrogens with one attached hydrogen (secondary N) is 2. The summed E-state index contributed by atoms with van der Waals surface area (Å²) in [5.41, 5.74) is 0.878. The predicted octanol–water partition coefficient (Wildman–Crippen LogP) is 2.81. The molecular weight excluding hydrogens is 268 g/mol. The van der Waals surface area contributed by atoms with Gasteiger partial charge in [-0.25, -0.2) is 9.97 Å². The third-order valence-corrected chi connectivity index (χ3v) is 3.25. The molecule has 1 aliphatic carbocycles. The van der Waals surface area contributed by atoms with Crippen molar-refractivity contribution in [3.8, 4) is 11.5 Å². The number of nitrogens with zero attached hydrogens (tertiary/aromatic N) is 2. The summed E-state index contributed by atoms with van der Waals surface area (Å²) in [5, 5.41) is 6.58. The standard InChI is InChI=1S/C15H18N4O2/c1-20-12-6-5-11(7-13(12)21-2)19-15-8-14(16-9-17-15)18-10-3-4-10/h5-10H,3-4H2,1-2H3,(H2,16,17,18,19). The van der Waals surface area contributed by atoms with Crippen LogP contribution in [0.3, 0.4) is 0 Å². The van der Waals surface area contributed by atoms with Gasteiger partial charge in [0.2, 0.25) is 0 Å². The van der Waals surface area contributed by atoms with Gasteiger partial charge in [-0.15, -0.1) is 0 Å². The Morgan fingerprint density at radius 3 is 2.48 bits per heavy atom. The minimum atomic E-state index is 0.564. The molecule has 2 aromatic rings. The van der Waals surface area contributed by atoms with Crippen LogP contribution < -0.4 is 20.1 Å². The molecule has 1 saturated carbocycles. The summed E-state index contributed by atoms with van der Waals surface area (Å²) in [5.74, 6) is 2.95. The zero-order valence-electron chi connectivity index (χ0n) is 12.1. The van der Waals surface area contributed by atoms with E-state index < -0.39 is 0 Å². The Labute approximate surface area is 123 Å². The quantitative estimate of drug-likeness (QED) is 0.851. The minimum Gasteiger partial charge on any atom is -0.493 e. The average molecular weight is 286 g/mol. The molecule has 6 nitrogen and oxygen atoms in total. The molecule has 6 heteroatoms. The van der Waals surface area contributed by atoms with Gasteiger partial charge in [0.05, 0.1) is 14.2 Å². The van der Waals surface area contributed by atoms with Crippen molar-refractivity contribution in [2.75, 3.05) is 24.9 Å². The van der Waals surface area contributed by atoms with Crippen LogP contribution in [0.4, 0.5) is 17.3 Å². The number of hydrogen-bond acceptors (Lipinski definition) is 6. The number of ether oxygens (including phenoxy) is 2. The van der Waals surface area contributed by atoms with Crippen LogP contribution in [0.15, 0.2) is 30.6 Å². The molecule has 2 N–H and O–H groups in total. The maximum atomic E-state index is 5.29. The van der Waals surface area contributed by atoms with Gasteiger partial charge in [0.25, 0.3) is 0 Å². The number of methoxy groups -OCH3 is 2. The second kappa shape index (κ2) is 5.87. The molecule has 3 rings (SSSR count). The van der Waals surface area contributed by atoms with Crippen LogP contribution in [-0.2, 0) is 0 Å². The Morgan fingerprint density at radius 2 is 1.76 bits per heavy atom. The molecule has 0 radical (unpaired) electrons. The highest BCUT2D eigenvalue weighted by atomic mass is 16.5. The Hall–Kier alpha value is -2.50. The van der Waals surface area contributed by atoms with Crippen LogP contribution in [0.1, 0.15) is 12.8 Å². The van der Waals surface area contributed by atoms with Gasteiger partial charge in [0, 0.05) is 23.9 Å². The van der Waals surface area contributed by atoms with Crippen molar-refractivity contribution in [3.05, 3.63) is 30.6 Å². The number of rotatable bonds is 6. The summed E-state index contributed by atoms with van der Waals surface area (Å²) in [7, 11) is 3.23. The lowest BCUT2D eigenvalue weighted by Crippen LogP contribution is -2.04. The lowest BCUT2D eigenvalue weighted by molar-refractivity contribution is 0.355. The van der Waals surface area contributed by atoms with E-state index >= 15 is 0 Å². The van der Waals surface area contributed by atoms with Crippen LogP contribution in [-0.4, -0.2) is 30.2 Å². The molecule has 1 fully saturated rings. The van der Waals surface area contributed by atoms with Crippen molar-refractivity contribution in [1.82, 2.24) is 9.97 Å². The van der Waals surface area contributed by atoms with Crippen molar-refractivity contribution in [2.24, 2.45) is 0 Å². The number of benzene rings is 1. The lowest BCUT2D eigenvalue weighted by atomic mass is 10.2. The van der Waals surface area contributed by atoms with Gasteiger partial charge in [0.1, 0.15) is 18.0 Å². The van der Waals surface area contributed by atoms with E-state index in [-0.39, 0.29) is 0 Å². The normalized spacial score (nSPS) is 13.6. The Morgan fingerprint density at radius 1 is 1.00 bits per heavy atom. The number of hydrogen-bond donors (Lipinski definition) is 2. The van der Waals surface area contributed by atoms with Crippen LogP contribution in [0.2, 0.25) is 0 Å². The van der Waals surface area contributed by atoms with Gasteiger partial charge in [-0.1, -0.05) is 0 Å². The monoisotopic (exact) mass is 286 g/mol. The maximum Gasteiger partial charge on any atom is 0.162 e. The topological polar surface area (TPSA) is 68.3 Å². The molecule has 0 bridgehead atoms. The van der Waals surface area contributed by atoms with E-state index in [4.69, 9.17) is 9.47 Å². The van der Waals surface area contributed by atoms with Gasteiger partial charge in [-0.05, 0) is 25.0 Å². The SMILES string of the molecule is COc1ccc(Nc2cc(NC3CC3)ncn2)cc1OC. The summed E-state index contributed by atoms with van der Waals surface area (Å²) in [4.78, 5) is 8.44. The number of aromatic nitrogens is 2. The Balaban J connectivity index is 1.76. The third-order valence-electron chi connectivity index (χ3n) is 3.25. The summed E-state index contributed by atoms with van der Waals surface area (Å²) in [6.07, 6.45) is 3.97. The van der Waals surface area contributed by atoms with Crippen LogP contribution >= 0.6 is 0 Å². The highest BCUT2D eigenvalue weighted by Crippen LogP contribution is 2.31. The molecule has 0 saturated heterocycles. The van der Waals surface area contributed by atoms with Gasteiger partial charge >= 0.3 is 0 Å². The predicted molar refractivity (Wildman–Crippen MR) is 81.5 cm³/mol. The van der Waals surface area contributed by atoms with E-state index in [0.29, 0.717) is 17.5 Å². The van der Waals surface area contributed by atoms with Crippen molar-refractivity contribution < 1.29 is 9.47 Å². The molecule has 0 spiro atoms. The summed E-state index contributed by atoms with van der Waals surface area (Å²) < 4.78 is 10.5. The van der Waals surface area contributed by atoms with Gasteiger partial charge in [0.15, 0.2) is 11.5 Å². The molecule has 1 aromatic carbocycles. The van der Waals surface area contributed by atoms with Gasteiger partial charge < -0.3 is 20.1 Å². The zero-order valence-corrected chi connectivity index (χ0v) is 12.1. The molecule has 0 aliphatic heterocycles. The molecule has 1 aromatic heterocycles. The van der Waals surface area contributed by atoms with Gasteiger partial charge in [-0.3, -0.25) is 0 Å². The van der Waals surface area contributed by atoms with Crippen molar-refractivity contribution in [3.63, 3.8) is 0 Å². The Bertz CT molecular complexity index is 629. The fraction of sp³-hybridized carbons (Fsp3) is 0.333. The van der Waals surface area contributed by atoms with E-state index in [9.17, 15) is 0 Å². The number of anilines is 3. The van der Waals surface area contributed by atoms with Crippen LogP contribution in [0, 0.1) is 0 Å². The highest BCUT2D eigenvalue weighted by Gasteiger charge is 2.21. The van der Waals surface area contributed by atoms with Crippen molar-refractivity contribution >= 4 is 17.3 Å². The largest absolute Gasteiger partial charge is 0.493 e. The molecule has 1 heterocycles. The molecule has 21 heavy (non-hydrogen) atoms. The fourth-order valence-electron chi connectivity index (χ4n) is 2.00. The molecule has 0 atom stereocenters. The van der Waals surface area contributed by atoms with Crippen LogP contribution in [0.25, 0.3) is 0 Å².